The Morgan fingerprint density at radius 2 is 1.58 bits per heavy atom. The summed E-state index contributed by atoms with van der Waals surface area (Å²) in [4.78, 5) is 85.9. The molecule has 15 atom stereocenters. The van der Waals surface area contributed by atoms with Gasteiger partial charge in [-0.05, 0) is 120 Å². The minimum absolute atomic E-state index is 0.00748. The minimum Gasteiger partial charge on any atom is -0.460 e. The van der Waals surface area contributed by atoms with E-state index in [1.54, 1.807) is 34.0 Å². The Kier molecular flexibility index (Phi) is 24.5. The van der Waals surface area contributed by atoms with E-state index in [1.807, 2.05) is 58.1 Å². The Bertz CT molecular complexity index is 2030. The number of aliphatic hydroxyl groups is 4. The summed E-state index contributed by atoms with van der Waals surface area (Å²) in [6.07, 6.45) is 10.2. The first-order chi connectivity index (χ1) is 35.0. The Morgan fingerprint density at radius 3 is 2.22 bits per heavy atom. The lowest BCUT2D eigenvalue weighted by atomic mass is 9.78. The first-order valence-electron chi connectivity index (χ1n) is 26.9. The van der Waals surface area contributed by atoms with Gasteiger partial charge in [-0.1, -0.05) is 71.1 Å². The number of hydrogen-bond acceptors (Lipinski definition) is 16. The van der Waals surface area contributed by atoms with Gasteiger partial charge in [-0.15, -0.1) is 0 Å². The Labute approximate surface area is 439 Å². The highest BCUT2D eigenvalue weighted by atomic mass is 16.6. The molecule has 418 valence electrons. The number of methoxy groups -OCH3 is 3. The van der Waals surface area contributed by atoms with Crippen molar-refractivity contribution in [2.24, 2.45) is 40.9 Å². The third kappa shape index (κ3) is 16.1. The van der Waals surface area contributed by atoms with Gasteiger partial charge in [0, 0.05) is 58.5 Å². The number of Topliss-reactive ketones (excluding diaryl/α,β-unsaturated/α-hetero) is 3. The fourth-order valence-electron chi connectivity index (χ4n) is 10.9. The van der Waals surface area contributed by atoms with Gasteiger partial charge in [-0.2, -0.15) is 0 Å². The van der Waals surface area contributed by atoms with Gasteiger partial charge in [0.1, 0.15) is 41.7 Å². The SMILES string of the molecule is CC[C@@H]1/C=C(\C)[C@@H](O)[C@@H](OC)C(=O)[C@H](C)C[C@H](C)/C=C/C=C/C=C(\C)[C@@H](OC)C[C@@H]2CC[C@@H](C)[C@@](O)(O2)C(=O)C(=O)N2CCCC[C@H]2C(=O)O[C@H]([C@H](C)C[C@@H]2CC[C@@H](OC(=O)C(C)(CO)CO)[C@H](OC)C2)CC1=O. The molecule has 3 heterocycles. The van der Waals surface area contributed by atoms with Crippen LogP contribution >= 0.6 is 0 Å². The summed E-state index contributed by atoms with van der Waals surface area (Å²) in [6.45, 7) is 13.0. The van der Waals surface area contributed by atoms with Gasteiger partial charge in [-0.25, -0.2) is 4.79 Å². The molecule has 4 N–H and O–H groups in total. The summed E-state index contributed by atoms with van der Waals surface area (Å²) in [7, 11) is 4.44. The molecule has 0 aromatic rings. The quantitative estimate of drug-likeness (QED) is 0.104. The van der Waals surface area contributed by atoms with Crippen molar-refractivity contribution in [3.8, 4) is 0 Å². The Hall–Kier alpha value is -3.94. The van der Waals surface area contributed by atoms with Crippen molar-refractivity contribution >= 4 is 35.2 Å². The van der Waals surface area contributed by atoms with Crippen LogP contribution in [0.1, 0.15) is 139 Å². The van der Waals surface area contributed by atoms with Gasteiger partial charge in [0.05, 0.1) is 31.5 Å². The summed E-state index contributed by atoms with van der Waals surface area (Å²) < 4.78 is 35.6. The highest BCUT2D eigenvalue weighted by Crippen LogP contribution is 2.39. The molecule has 0 unspecified atom stereocenters. The monoisotopic (exact) mass is 1040 g/mol. The second kappa shape index (κ2) is 29.0. The number of cyclic esters (lactones) is 1. The maximum atomic E-state index is 14.6. The van der Waals surface area contributed by atoms with E-state index in [1.165, 1.54) is 26.0 Å². The normalized spacial score (nSPS) is 37.1. The summed E-state index contributed by atoms with van der Waals surface area (Å²) in [5.74, 6) is -9.27. The van der Waals surface area contributed by atoms with Gasteiger partial charge < -0.3 is 53.7 Å². The number of fused-ring (bicyclic) bond motifs is 3. The van der Waals surface area contributed by atoms with Crippen LogP contribution in [-0.2, 0) is 57.2 Å². The molecule has 17 nitrogen and oxygen atoms in total. The zero-order chi connectivity index (χ0) is 55.1. The number of nitrogens with zero attached hydrogens (tertiary/aromatic N) is 1. The number of carbonyl (C=O) groups is 6. The van der Waals surface area contributed by atoms with Crippen LogP contribution in [0.5, 0.6) is 0 Å². The average molecular weight is 1040 g/mol. The molecule has 4 rings (SSSR count). The van der Waals surface area contributed by atoms with Gasteiger partial charge in [0.2, 0.25) is 5.79 Å². The van der Waals surface area contributed by atoms with E-state index in [9.17, 15) is 49.2 Å². The molecule has 0 radical (unpaired) electrons. The number of ketones is 3. The molecule has 3 aliphatic heterocycles. The highest BCUT2D eigenvalue weighted by Gasteiger charge is 2.53. The number of amides is 1. The number of allylic oxidation sites excluding steroid dienone is 6. The van der Waals surface area contributed by atoms with Crippen LogP contribution in [0, 0.1) is 40.9 Å². The van der Waals surface area contributed by atoms with E-state index in [-0.39, 0.29) is 42.8 Å². The molecular formula is C57H89NO16. The Balaban J connectivity index is 1.72. The predicted octanol–water partition coefficient (Wildman–Crippen LogP) is 6.11. The molecule has 1 aliphatic carbocycles. The maximum Gasteiger partial charge on any atom is 0.329 e. The molecule has 1 amide bonds. The van der Waals surface area contributed by atoms with Crippen molar-refractivity contribution in [3.63, 3.8) is 0 Å². The van der Waals surface area contributed by atoms with E-state index >= 15 is 0 Å². The third-order valence-corrected chi connectivity index (χ3v) is 16.2. The number of esters is 2. The lowest BCUT2D eigenvalue weighted by Crippen LogP contribution is -2.61. The standard InChI is InChI=1S/C57H89NO16/c1-12-41-28-38(6)50(63)51(71-11)49(62)37(5)26-34(2)18-14-13-15-19-35(3)46(69-9)30-42-23-21-39(7)57(68,74-42)52(64)53(65)58-25-17-16-20-43(58)54(66)72-47(31-44(41)61)36(4)27-40-22-24-45(48(29-40)70-10)73-55(67)56(8,32-59)33-60/h13-15,18-19,28,34,36-37,39-43,45-48,50-51,59-60,63,68H,12,16-17,20-27,29-33H2,1-11H3/b15-13+,18-14+,35-19+,38-28+/t34-,36-,37-,39-,40+,41-,42+,43+,45-,46+,47+,48-,50-,51+,57-/m1/s1. The lowest BCUT2D eigenvalue weighted by Gasteiger charge is -2.42. The Morgan fingerprint density at radius 1 is 0.878 bits per heavy atom. The number of carbonyl (C=O) groups excluding carboxylic acids is 6. The molecule has 1 saturated carbocycles. The van der Waals surface area contributed by atoms with Crippen LogP contribution in [0.4, 0.5) is 0 Å². The van der Waals surface area contributed by atoms with Crippen LogP contribution < -0.4 is 0 Å². The fourth-order valence-corrected chi connectivity index (χ4v) is 10.9. The molecule has 3 fully saturated rings. The number of aliphatic hydroxyl groups excluding tert-OH is 3. The maximum absolute atomic E-state index is 14.6. The van der Waals surface area contributed by atoms with Crippen molar-refractivity contribution in [1.29, 1.82) is 0 Å². The highest BCUT2D eigenvalue weighted by molar-refractivity contribution is 6.39. The van der Waals surface area contributed by atoms with Crippen LogP contribution in [-0.4, -0.2) is 156 Å². The fraction of sp³-hybridized carbons (Fsp3) is 0.754. The first-order valence-corrected chi connectivity index (χ1v) is 26.9. The third-order valence-electron chi connectivity index (χ3n) is 16.2. The van der Waals surface area contributed by atoms with E-state index in [0.717, 1.165) is 5.57 Å². The molecular weight excluding hydrogens is 955 g/mol. The molecule has 2 saturated heterocycles. The largest absolute Gasteiger partial charge is 0.460 e. The van der Waals surface area contributed by atoms with Gasteiger partial charge in [0.15, 0.2) is 5.78 Å². The van der Waals surface area contributed by atoms with Crippen LogP contribution in [0.2, 0.25) is 0 Å². The second-order valence-electron chi connectivity index (χ2n) is 22.1. The smallest absolute Gasteiger partial charge is 0.329 e. The van der Waals surface area contributed by atoms with Crippen LogP contribution in [0.15, 0.2) is 47.6 Å². The zero-order valence-electron chi connectivity index (χ0n) is 46.0. The summed E-state index contributed by atoms with van der Waals surface area (Å²) in [5.41, 5.74) is -0.259. The van der Waals surface area contributed by atoms with Crippen molar-refractivity contribution in [3.05, 3.63) is 47.6 Å². The number of piperidine rings is 1. The molecule has 4 aliphatic rings. The topological polar surface area (TPSA) is 242 Å². The summed E-state index contributed by atoms with van der Waals surface area (Å²) >= 11 is 0. The molecule has 74 heavy (non-hydrogen) atoms. The molecule has 0 aromatic heterocycles. The molecule has 0 spiro atoms. The van der Waals surface area contributed by atoms with E-state index < -0.39 is 120 Å². The minimum atomic E-state index is -2.47. The molecule has 17 heteroatoms. The van der Waals surface area contributed by atoms with Gasteiger partial charge in [-0.3, -0.25) is 24.0 Å². The molecule has 0 aromatic carbocycles. The summed E-state index contributed by atoms with van der Waals surface area (Å²) in [5, 5.41) is 43.2. The van der Waals surface area contributed by atoms with Crippen molar-refractivity contribution in [2.45, 2.75) is 193 Å². The van der Waals surface area contributed by atoms with E-state index in [4.69, 9.17) is 28.4 Å². The van der Waals surface area contributed by atoms with Gasteiger partial charge >= 0.3 is 11.9 Å². The van der Waals surface area contributed by atoms with Crippen molar-refractivity contribution < 1.29 is 77.6 Å². The predicted molar refractivity (Wildman–Crippen MR) is 276 cm³/mol. The second-order valence-corrected chi connectivity index (χ2v) is 22.1. The number of ether oxygens (including phenoxy) is 6. The first kappa shape index (κ1) is 62.6. The number of rotatable bonds is 11. The lowest BCUT2D eigenvalue weighted by molar-refractivity contribution is -0.265. The van der Waals surface area contributed by atoms with E-state index in [0.29, 0.717) is 76.2 Å². The summed E-state index contributed by atoms with van der Waals surface area (Å²) in [6, 6.07) is -1.20. The van der Waals surface area contributed by atoms with Crippen LogP contribution in [0.25, 0.3) is 0 Å². The molecule has 2 bridgehead atoms. The van der Waals surface area contributed by atoms with E-state index in [2.05, 4.69) is 0 Å². The average Bonchev–Trinajstić information content (AvgIpc) is 3.39. The zero-order valence-corrected chi connectivity index (χ0v) is 46.0. The van der Waals surface area contributed by atoms with Crippen molar-refractivity contribution in [1.82, 2.24) is 4.90 Å². The van der Waals surface area contributed by atoms with Gasteiger partial charge in [0.25, 0.3) is 11.7 Å². The van der Waals surface area contributed by atoms with Crippen LogP contribution in [0.3, 0.4) is 0 Å². The number of hydrogen-bond donors (Lipinski definition) is 4. The van der Waals surface area contributed by atoms with Crippen molar-refractivity contribution in [2.75, 3.05) is 41.1 Å².